The minimum atomic E-state index is 0.659. The van der Waals surface area contributed by atoms with E-state index < -0.39 is 0 Å². The predicted molar refractivity (Wildman–Crippen MR) is 70.2 cm³/mol. The third kappa shape index (κ3) is 2.15. The molecule has 0 amide bonds. The molecule has 0 aliphatic rings. The summed E-state index contributed by atoms with van der Waals surface area (Å²) >= 11 is 0. The van der Waals surface area contributed by atoms with E-state index in [-0.39, 0.29) is 0 Å². The standard InChI is InChI=1S/C13H13N5/c1-9-17-12-3-2-10(6-13(12)18-9)16-8-11-7-14-4-5-15-11/h2-7,16H,8H2,1H3,(H,17,18). The van der Waals surface area contributed by atoms with Crippen molar-refractivity contribution in [3.05, 3.63) is 48.3 Å². The lowest BCUT2D eigenvalue weighted by Crippen LogP contribution is -2.01. The van der Waals surface area contributed by atoms with Crippen LogP contribution in [0.1, 0.15) is 11.5 Å². The first kappa shape index (κ1) is 10.7. The highest BCUT2D eigenvalue weighted by Crippen LogP contribution is 2.17. The Balaban J connectivity index is 1.78. The molecular weight excluding hydrogens is 226 g/mol. The van der Waals surface area contributed by atoms with Crippen molar-refractivity contribution >= 4 is 16.7 Å². The van der Waals surface area contributed by atoms with Gasteiger partial charge in [-0.25, -0.2) is 4.98 Å². The second-order valence-corrected chi connectivity index (χ2v) is 4.10. The van der Waals surface area contributed by atoms with Gasteiger partial charge in [-0.15, -0.1) is 0 Å². The molecule has 0 aliphatic carbocycles. The lowest BCUT2D eigenvalue weighted by molar-refractivity contribution is 1.01. The summed E-state index contributed by atoms with van der Waals surface area (Å²) in [6, 6.07) is 6.06. The molecule has 0 saturated carbocycles. The molecule has 5 nitrogen and oxygen atoms in total. The molecule has 2 aromatic heterocycles. The Morgan fingerprint density at radius 1 is 1.28 bits per heavy atom. The van der Waals surface area contributed by atoms with Crippen LogP contribution >= 0.6 is 0 Å². The number of anilines is 1. The second-order valence-electron chi connectivity index (χ2n) is 4.10. The summed E-state index contributed by atoms with van der Waals surface area (Å²) in [5.41, 5.74) is 3.98. The van der Waals surface area contributed by atoms with Gasteiger partial charge >= 0.3 is 0 Å². The maximum atomic E-state index is 4.37. The summed E-state index contributed by atoms with van der Waals surface area (Å²) in [6.07, 6.45) is 5.12. The zero-order chi connectivity index (χ0) is 12.4. The summed E-state index contributed by atoms with van der Waals surface area (Å²) in [7, 11) is 0. The first-order valence-electron chi connectivity index (χ1n) is 5.76. The highest BCUT2D eigenvalue weighted by molar-refractivity contribution is 5.79. The summed E-state index contributed by atoms with van der Waals surface area (Å²) in [5, 5.41) is 3.31. The van der Waals surface area contributed by atoms with Crippen molar-refractivity contribution in [2.24, 2.45) is 0 Å². The Morgan fingerprint density at radius 2 is 2.22 bits per heavy atom. The van der Waals surface area contributed by atoms with Gasteiger partial charge in [-0.3, -0.25) is 9.97 Å². The quantitative estimate of drug-likeness (QED) is 0.735. The largest absolute Gasteiger partial charge is 0.379 e. The van der Waals surface area contributed by atoms with Gasteiger partial charge in [-0.2, -0.15) is 0 Å². The van der Waals surface area contributed by atoms with Crippen LogP contribution in [0.2, 0.25) is 0 Å². The number of hydrogen-bond donors (Lipinski definition) is 2. The van der Waals surface area contributed by atoms with Gasteiger partial charge in [0.15, 0.2) is 0 Å². The van der Waals surface area contributed by atoms with E-state index in [1.54, 1.807) is 18.6 Å². The molecule has 1 aromatic carbocycles. The molecule has 3 rings (SSSR count). The van der Waals surface area contributed by atoms with E-state index in [1.165, 1.54) is 0 Å². The maximum Gasteiger partial charge on any atom is 0.104 e. The Labute approximate surface area is 104 Å². The highest BCUT2D eigenvalue weighted by Gasteiger charge is 2.01. The Bertz CT molecular complexity index is 659. The fraction of sp³-hybridized carbons (Fsp3) is 0.154. The number of imidazole rings is 1. The van der Waals surface area contributed by atoms with Crippen LogP contribution in [-0.4, -0.2) is 19.9 Å². The third-order valence-electron chi connectivity index (χ3n) is 2.69. The molecule has 2 N–H and O–H groups in total. The van der Waals surface area contributed by atoms with Gasteiger partial charge in [0.1, 0.15) is 5.82 Å². The van der Waals surface area contributed by atoms with Crippen molar-refractivity contribution in [1.82, 2.24) is 19.9 Å². The first-order valence-corrected chi connectivity index (χ1v) is 5.76. The smallest absolute Gasteiger partial charge is 0.104 e. The molecule has 0 unspecified atom stereocenters. The van der Waals surface area contributed by atoms with E-state index in [0.717, 1.165) is 28.2 Å². The van der Waals surface area contributed by atoms with Crippen LogP contribution < -0.4 is 5.32 Å². The second kappa shape index (κ2) is 4.44. The van der Waals surface area contributed by atoms with Crippen molar-refractivity contribution < 1.29 is 0 Å². The molecule has 0 radical (unpaired) electrons. The molecule has 0 saturated heterocycles. The summed E-state index contributed by atoms with van der Waals surface area (Å²) in [6.45, 7) is 2.61. The van der Waals surface area contributed by atoms with Crippen LogP contribution in [0.3, 0.4) is 0 Å². The number of aryl methyl sites for hydroxylation is 1. The predicted octanol–water partition coefficient (Wildman–Crippen LogP) is 2.27. The number of benzene rings is 1. The van der Waals surface area contributed by atoms with Crippen molar-refractivity contribution in [3.8, 4) is 0 Å². The van der Waals surface area contributed by atoms with Crippen LogP contribution in [0.4, 0.5) is 5.69 Å². The lowest BCUT2D eigenvalue weighted by Gasteiger charge is -2.05. The Morgan fingerprint density at radius 3 is 3.06 bits per heavy atom. The Hall–Kier alpha value is -2.43. The molecule has 90 valence electrons. The minimum Gasteiger partial charge on any atom is -0.379 e. The van der Waals surface area contributed by atoms with Crippen LogP contribution in [0, 0.1) is 6.92 Å². The van der Waals surface area contributed by atoms with Crippen molar-refractivity contribution in [3.63, 3.8) is 0 Å². The number of aromatic amines is 1. The summed E-state index contributed by atoms with van der Waals surface area (Å²) in [4.78, 5) is 15.8. The van der Waals surface area contributed by atoms with Gasteiger partial charge in [-0.1, -0.05) is 0 Å². The molecule has 2 heterocycles. The number of hydrogen-bond acceptors (Lipinski definition) is 4. The number of H-pyrrole nitrogens is 1. The number of aromatic nitrogens is 4. The fourth-order valence-electron chi connectivity index (χ4n) is 1.86. The van der Waals surface area contributed by atoms with E-state index in [4.69, 9.17) is 0 Å². The van der Waals surface area contributed by atoms with Gasteiger partial charge in [0.25, 0.3) is 0 Å². The normalized spacial score (nSPS) is 10.7. The van der Waals surface area contributed by atoms with Gasteiger partial charge < -0.3 is 10.3 Å². The minimum absolute atomic E-state index is 0.659. The van der Waals surface area contributed by atoms with Crippen molar-refractivity contribution in [1.29, 1.82) is 0 Å². The number of rotatable bonds is 3. The fourth-order valence-corrected chi connectivity index (χ4v) is 1.86. The van der Waals surface area contributed by atoms with Crippen molar-refractivity contribution in [2.45, 2.75) is 13.5 Å². The molecular formula is C13H13N5. The van der Waals surface area contributed by atoms with E-state index in [1.807, 2.05) is 25.1 Å². The van der Waals surface area contributed by atoms with Crippen LogP contribution in [0.5, 0.6) is 0 Å². The summed E-state index contributed by atoms with van der Waals surface area (Å²) < 4.78 is 0. The topological polar surface area (TPSA) is 66.5 Å². The number of nitrogens with one attached hydrogen (secondary N) is 2. The molecule has 5 heteroatoms. The van der Waals surface area contributed by atoms with E-state index >= 15 is 0 Å². The highest BCUT2D eigenvalue weighted by atomic mass is 14.9. The zero-order valence-corrected chi connectivity index (χ0v) is 10.0. The molecule has 0 atom stereocenters. The molecule has 0 bridgehead atoms. The van der Waals surface area contributed by atoms with Crippen LogP contribution in [0.25, 0.3) is 11.0 Å². The van der Waals surface area contributed by atoms with Gasteiger partial charge in [0.05, 0.1) is 29.5 Å². The maximum absolute atomic E-state index is 4.37. The van der Waals surface area contributed by atoms with E-state index in [9.17, 15) is 0 Å². The van der Waals surface area contributed by atoms with Crippen LogP contribution in [0.15, 0.2) is 36.8 Å². The third-order valence-corrected chi connectivity index (χ3v) is 2.69. The molecule has 0 aliphatic heterocycles. The number of fused-ring (bicyclic) bond motifs is 1. The van der Waals surface area contributed by atoms with Crippen LogP contribution in [-0.2, 0) is 6.54 Å². The van der Waals surface area contributed by atoms with Gasteiger partial charge in [0, 0.05) is 18.1 Å². The average Bonchev–Trinajstić information content (AvgIpc) is 2.77. The molecule has 0 fully saturated rings. The monoisotopic (exact) mass is 239 g/mol. The Kier molecular flexibility index (Phi) is 2.64. The van der Waals surface area contributed by atoms with E-state index in [0.29, 0.717) is 6.54 Å². The molecule has 3 aromatic rings. The zero-order valence-electron chi connectivity index (χ0n) is 10.0. The summed E-state index contributed by atoms with van der Waals surface area (Å²) in [5.74, 6) is 0.927. The number of nitrogens with zero attached hydrogens (tertiary/aromatic N) is 3. The molecule has 0 spiro atoms. The van der Waals surface area contributed by atoms with Gasteiger partial charge in [0.2, 0.25) is 0 Å². The average molecular weight is 239 g/mol. The van der Waals surface area contributed by atoms with Gasteiger partial charge in [-0.05, 0) is 25.1 Å². The van der Waals surface area contributed by atoms with Crippen molar-refractivity contribution in [2.75, 3.05) is 5.32 Å². The van der Waals surface area contributed by atoms with E-state index in [2.05, 4.69) is 25.3 Å². The first-order chi connectivity index (χ1) is 8.81. The SMILES string of the molecule is Cc1nc2ccc(NCc3cnccn3)cc2[nH]1. The molecule has 18 heavy (non-hydrogen) atoms. The lowest BCUT2D eigenvalue weighted by atomic mass is 10.2.